The van der Waals surface area contributed by atoms with E-state index in [9.17, 15) is 19.2 Å². The number of hydrogen-bond donors (Lipinski definition) is 5. The largest absolute Gasteiger partial charge is 0.379 e. The van der Waals surface area contributed by atoms with E-state index in [4.69, 9.17) is 28.4 Å². The van der Waals surface area contributed by atoms with Gasteiger partial charge in [0, 0.05) is 68.0 Å². The summed E-state index contributed by atoms with van der Waals surface area (Å²) in [6.07, 6.45) is 5.04. The smallest absolute Gasteiger partial charge is 0.315 e. The summed E-state index contributed by atoms with van der Waals surface area (Å²) in [5.41, 5.74) is 0. The fourth-order valence-corrected chi connectivity index (χ4v) is 8.38. The number of carbonyl (C=O) groups excluding carboxylic acids is 4. The number of hydrogen-bond acceptors (Lipinski definition) is 13. The maximum Gasteiger partial charge on any atom is 0.315 e. The zero-order chi connectivity index (χ0) is 36.6. The van der Waals surface area contributed by atoms with Crippen molar-refractivity contribution >= 4 is 57.1 Å². The van der Waals surface area contributed by atoms with Gasteiger partial charge in [-0.15, -0.1) is 0 Å². The van der Waals surface area contributed by atoms with Crippen LogP contribution in [0.3, 0.4) is 0 Å². The minimum Gasteiger partial charge on any atom is -0.379 e. The van der Waals surface area contributed by atoms with Crippen LogP contribution < -0.4 is 26.6 Å². The summed E-state index contributed by atoms with van der Waals surface area (Å²) >= 11 is 1.90. The van der Waals surface area contributed by atoms with Gasteiger partial charge in [0.1, 0.15) is 0 Å². The Bertz CT molecular complexity index is 946. The number of fused-ring (bicyclic) bond motifs is 1. The summed E-state index contributed by atoms with van der Waals surface area (Å²) in [5, 5.41) is 15.0. The molecular formula is C33H61N5O10S3. The van der Waals surface area contributed by atoms with Crippen molar-refractivity contribution in [3.8, 4) is 0 Å². The van der Waals surface area contributed by atoms with Crippen molar-refractivity contribution in [3.63, 3.8) is 0 Å². The molecule has 0 saturated carbocycles. The molecule has 0 aromatic heterocycles. The molecule has 18 heteroatoms. The summed E-state index contributed by atoms with van der Waals surface area (Å²) < 4.78 is 32.6. The van der Waals surface area contributed by atoms with E-state index >= 15 is 0 Å². The van der Waals surface area contributed by atoms with E-state index in [0.29, 0.717) is 123 Å². The second-order valence-electron chi connectivity index (χ2n) is 11.7. The number of urea groups is 1. The number of amides is 5. The lowest BCUT2D eigenvalue weighted by Gasteiger charge is -2.16. The first-order valence-corrected chi connectivity index (χ1v) is 21.7. The fourth-order valence-electron chi connectivity index (χ4n) is 4.94. The van der Waals surface area contributed by atoms with Crippen LogP contribution in [0.1, 0.15) is 51.9 Å². The normalized spacial score (nSPS) is 17.9. The van der Waals surface area contributed by atoms with Crippen molar-refractivity contribution < 1.29 is 47.6 Å². The Hall–Kier alpha value is -1.51. The van der Waals surface area contributed by atoms with Crippen LogP contribution >= 0.6 is 33.3 Å². The molecule has 0 aromatic carbocycles. The van der Waals surface area contributed by atoms with Crippen LogP contribution in [0.5, 0.6) is 0 Å². The van der Waals surface area contributed by atoms with E-state index in [-0.39, 0.29) is 35.8 Å². The molecule has 51 heavy (non-hydrogen) atoms. The van der Waals surface area contributed by atoms with Gasteiger partial charge < -0.3 is 55.0 Å². The average Bonchev–Trinajstić information content (AvgIpc) is 3.68. The van der Waals surface area contributed by atoms with Crippen LogP contribution in [-0.4, -0.2) is 157 Å². The molecule has 15 nitrogen and oxygen atoms in total. The van der Waals surface area contributed by atoms with Crippen molar-refractivity contribution in [3.05, 3.63) is 0 Å². The molecular weight excluding hydrogens is 723 g/mol. The standard InChI is InChI=1S/C33H61N5O10S3/c1-2-12-43-16-20-47-21-17-44-13-7-30(40)36-11-25-51-50-24-8-31(41)35-10-15-46-19-23-48-22-18-45-14-9-34-29(39)6-4-3-5-28-32-27(26-49-28)37-33(42)38-32/h27-28,32H,2-26H2,1H3,(H,34,39)(H,35,41)(H,36,40)(H2,37,38,42)/t27-,28-,32-/m0/s1. The van der Waals surface area contributed by atoms with Crippen molar-refractivity contribution in [2.45, 2.75) is 69.2 Å². The van der Waals surface area contributed by atoms with Crippen molar-refractivity contribution in [1.82, 2.24) is 26.6 Å². The number of carbonyl (C=O) groups is 4. The molecule has 0 spiro atoms. The first kappa shape index (κ1) is 45.6. The Morgan fingerprint density at radius 3 is 1.82 bits per heavy atom. The zero-order valence-electron chi connectivity index (χ0n) is 30.2. The highest BCUT2D eigenvalue weighted by molar-refractivity contribution is 8.76. The predicted molar refractivity (Wildman–Crippen MR) is 202 cm³/mol. The van der Waals surface area contributed by atoms with Crippen LogP contribution in [0.2, 0.25) is 0 Å². The van der Waals surface area contributed by atoms with Gasteiger partial charge in [0.05, 0.1) is 84.8 Å². The molecule has 2 rings (SSSR count). The fraction of sp³-hybridized carbons (Fsp3) is 0.879. The third-order valence-corrected chi connectivity index (χ3v) is 11.4. The average molecular weight is 784 g/mol. The topological polar surface area (TPSA) is 184 Å². The van der Waals surface area contributed by atoms with E-state index < -0.39 is 0 Å². The van der Waals surface area contributed by atoms with Gasteiger partial charge in [0.2, 0.25) is 17.7 Å². The Morgan fingerprint density at radius 1 is 0.647 bits per heavy atom. The minimum atomic E-state index is -0.0660. The molecule has 2 aliphatic rings. The molecule has 0 bridgehead atoms. The lowest BCUT2D eigenvalue weighted by molar-refractivity contribution is -0.122. The van der Waals surface area contributed by atoms with Gasteiger partial charge in [-0.1, -0.05) is 34.9 Å². The summed E-state index contributed by atoms with van der Waals surface area (Å²) in [6, 6.07) is 0.389. The summed E-state index contributed by atoms with van der Waals surface area (Å²) in [4.78, 5) is 47.3. The molecule has 0 unspecified atom stereocenters. The third-order valence-electron chi connectivity index (χ3n) is 7.53. The van der Waals surface area contributed by atoms with Gasteiger partial charge in [-0.2, -0.15) is 11.8 Å². The van der Waals surface area contributed by atoms with E-state index in [2.05, 4.69) is 33.5 Å². The lowest BCUT2D eigenvalue weighted by Crippen LogP contribution is -2.36. The first-order valence-electron chi connectivity index (χ1n) is 18.2. The van der Waals surface area contributed by atoms with Crippen LogP contribution in [0.4, 0.5) is 4.79 Å². The van der Waals surface area contributed by atoms with Gasteiger partial charge in [-0.05, 0) is 19.3 Å². The van der Waals surface area contributed by atoms with E-state index in [0.717, 1.165) is 43.8 Å². The summed E-state index contributed by atoms with van der Waals surface area (Å²) in [5.74, 6) is 2.38. The van der Waals surface area contributed by atoms with Gasteiger partial charge in [-0.25, -0.2) is 4.79 Å². The van der Waals surface area contributed by atoms with Crippen molar-refractivity contribution in [2.75, 3.05) is 116 Å². The van der Waals surface area contributed by atoms with Crippen molar-refractivity contribution in [1.29, 1.82) is 0 Å². The molecule has 2 aliphatic heterocycles. The Morgan fingerprint density at radius 2 is 1.18 bits per heavy atom. The molecule has 3 atom stereocenters. The van der Waals surface area contributed by atoms with Crippen LogP contribution in [-0.2, 0) is 42.8 Å². The number of rotatable bonds is 35. The maximum atomic E-state index is 12.0. The van der Waals surface area contributed by atoms with E-state index in [1.54, 1.807) is 21.6 Å². The second kappa shape index (κ2) is 32.0. The Labute approximate surface area is 315 Å². The number of nitrogens with one attached hydrogen (secondary N) is 5. The van der Waals surface area contributed by atoms with E-state index in [1.165, 1.54) is 0 Å². The first-order chi connectivity index (χ1) is 25.0. The third kappa shape index (κ3) is 25.2. The van der Waals surface area contributed by atoms with Gasteiger partial charge in [-0.3, -0.25) is 14.4 Å². The summed E-state index contributed by atoms with van der Waals surface area (Å²) in [7, 11) is 3.24. The zero-order valence-corrected chi connectivity index (χ0v) is 32.7. The maximum absolute atomic E-state index is 12.0. The van der Waals surface area contributed by atoms with Crippen LogP contribution in [0.15, 0.2) is 0 Å². The van der Waals surface area contributed by atoms with Crippen molar-refractivity contribution in [2.24, 2.45) is 0 Å². The SMILES string of the molecule is CCCOCCOCCOCCC(=O)NCCSSCCC(=O)NCCOCCOCCOCCNC(=O)CCCC[C@@H]1SC[C@@H]2NC(=O)N[C@@H]21. The quantitative estimate of drug-likeness (QED) is 0.0357. The summed E-state index contributed by atoms with van der Waals surface area (Å²) in [6.45, 7) is 9.33. The van der Waals surface area contributed by atoms with Crippen LogP contribution in [0, 0.1) is 0 Å². The Balaban J connectivity index is 1.22. The Kier molecular flexibility index (Phi) is 28.6. The predicted octanol–water partition coefficient (Wildman–Crippen LogP) is 1.73. The molecule has 5 amide bonds. The van der Waals surface area contributed by atoms with Gasteiger partial charge >= 0.3 is 6.03 Å². The molecule has 2 heterocycles. The second-order valence-corrected chi connectivity index (χ2v) is 15.7. The number of unbranched alkanes of at least 4 members (excludes halogenated alkanes) is 1. The van der Waals surface area contributed by atoms with Crippen LogP contribution in [0.25, 0.3) is 0 Å². The highest BCUT2D eigenvalue weighted by Gasteiger charge is 2.42. The molecule has 0 radical (unpaired) electrons. The van der Waals surface area contributed by atoms with Gasteiger partial charge in [0.15, 0.2) is 0 Å². The minimum absolute atomic E-state index is 0.0180. The van der Waals surface area contributed by atoms with Gasteiger partial charge in [0.25, 0.3) is 0 Å². The number of ether oxygens (including phenoxy) is 6. The monoisotopic (exact) mass is 783 g/mol. The molecule has 296 valence electrons. The molecule has 2 fully saturated rings. The lowest BCUT2D eigenvalue weighted by atomic mass is 10.0. The number of thioether (sulfide) groups is 1. The van der Waals surface area contributed by atoms with E-state index in [1.807, 2.05) is 11.8 Å². The molecule has 0 aliphatic carbocycles. The molecule has 0 aromatic rings. The highest BCUT2D eigenvalue weighted by atomic mass is 33.1. The molecule has 2 saturated heterocycles. The molecule has 5 N–H and O–H groups in total. The highest BCUT2D eigenvalue weighted by Crippen LogP contribution is 2.33.